The van der Waals surface area contributed by atoms with Crippen LogP contribution in [0.15, 0.2) is 23.5 Å². The van der Waals surface area contributed by atoms with Crippen LogP contribution < -0.4 is 0 Å². The number of rotatable bonds is 3. The standard InChI is InChI=1S/C18H20FN5OS/c1-10-7-14(19)17-13(16(10)18-20-9-23(2)22-18)8-15(21-17)26(25)24-11-3-4-12(24)6-5-11/h7-9,11-12,21H,3-6H2,1-2H3. The van der Waals surface area contributed by atoms with Gasteiger partial charge in [0.2, 0.25) is 0 Å². The summed E-state index contributed by atoms with van der Waals surface area (Å²) in [5, 5.41) is 5.61. The lowest BCUT2D eigenvalue weighted by atomic mass is 10.0. The molecule has 136 valence electrons. The Morgan fingerprint density at radius 1 is 1.23 bits per heavy atom. The first-order valence-corrected chi connectivity index (χ1v) is 10.0. The molecule has 0 amide bonds. The van der Waals surface area contributed by atoms with Crippen LogP contribution in [0.1, 0.15) is 31.2 Å². The van der Waals surface area contributed by atoms with E-state index in [2.05, 4.69) is 19.4 Å². The molecule has 0 spiro atoms. The largest absolute Gasteiger partial charge is 0.344 e. The summed E-state index contributed by atoms with van der Waals surface area (Å²) in [6.07, 6.45) is 6.04. The molecule has 2 aliphatic heterocycles. The molecule has 0 saturated carbocycles. The van der Waals surface area contributed by atoms with Crippen molar-refractivity contribution in [1.82, 2.24) is 24.1 Å². The highest BCUT2D eigenvalue weighted by Gasteiger charge is 2.43. The van der Waals surface area contributed by atoms with Gasteiger partial charge < -0.3 is 4.98 Å². The molecule has 5 rings (SSSR count). The number of nitrogens with zero attached hydrogens (tertiary/aromatic N) is 4. The van der Waals surface area contributed by atoms with E-state index >= 15 is 0 Å². The third-order valence-corrected chi connectivity index (χ3v) is 7.20. The van der Waals surface area contributed by atoms with Gasteiger partial charge >= 0.3 is 0 Å². The van der Waals surface area contributed by atoms with Crippen molar-refractivity contribution in [2.45, 2.75) is 49.7 Å². The maximum absolute atomic E-state index is 14.6. The molecule has 1 aromatic carbocycles. The number of fused-ring (bicyclic) bond motifs is 3. The van der Waals surface area contributed by atoms with Crippen LogP contribution in [0.3, 0.4) is 0 Å². The average molecular weight is 373 g/mol. The Morgan fingerprint density at radius 3 is 2.54 bits per heavy atom. The summed E-state index contributed by atoms with van der Waals surface area (Å²) in [5.74, 6) is 0.206. The predicted molar refractivity (Wildman–Crippen MR) is 97.3 cm³/mol. The second kappa shape index (κ2) is 5.72. The Hall–Kier alpha value is -2.06. The van der Waals surface area contributed by atoms with Crippen molar-refractivity contribution in [3.8, 4) is 11.4 Å². The predicted octanol–water partition coefficient (Wildman–Crippen LogP) is 3.06. The highest BCUT2D eigenvalue weighted by Crippen LogP contribution is 2.41. The summed E-state index contributed by atoms with van der Waals surface area (Å²) in [7, 11) is 0.501. The lowest BCUT2D eigenvalue weighted by molar-refractivity contribution is 0.427. The zero-order valence-electron chi connectivity index (χ0n) is 14.7. The van der Waals surface area contributed by atoms with Gasteiger partial charge in [-0.25, -0.2) is 17.9 Å². The average Bonchev–Trinajstić information content (AvgIpc) is 3.37. The van der Waals surface area contributed by atoms with Crippen molar-refractivity contribution in [1.29, 1.82) is 0 Å². The van der Waals surface area contributed by atoms with E-state index < -0.39 is 11.0 Å². The van der Waals surface area contributed by atoms with Crippen LogP contribution in [0.2, 0.25) is 0 Å². The number of aromatic amines is 1. The number of H-pyrrole nitrogens is 1. The first-order chi connectivity index (χ1) is 12.5. The Kier molecular flexibility index (Phi) is 3.55. The Bertz CT molecular complexity index is 1020. The molecule has 4 heterocycles. The van der Waals surface area contributed by atoms with Gasteiger partial charge in [-0.15, -0.1) is 0 Å². The molecule has 26 heavy (non-hydrogen) atoms. The zero-order valence-corrected chi connectivity index (χ0v) is 15.5. The van der Waals surface area contributed by atoms with E-state index in [9.17, 15) is 8.60 Å². The molecule has 2 fully saturated rings. The molecule has 1 unspecified atom stereocenters. The highest BCUT2D eigenvalue weighted by atomic mass is 32.2. The van der Waals surface area contributed by atoms with E-state index in [4.69, 9.17) is 0 Å². The van der Waals surface area contributed by atoms with E-state index in [1.54, 1.807) is 18.1 Å². The number of halogens is 1. The van der Waals surface area contributed by atoms with Crippen LogP contribution in [0.25, 0.3) is 22.3 Å². The van der Waals surface area contributed by atoms with Crippen molar-refractivity contribution in [2.24, 2.45) is 7.05 Å². The maximum atomic E-state index is 14.6. The van der Waals surface area contributed by atoms with Gasteiger partial charge in [-0.1, -0.05) is 0 Å². The minimum atomic E-state index is -1.30. The summed E-state index contributed by atoms with van der Waals surface area (Å²) >= 11 is 0. The van der Waals surface area contributed by atoms with E-state index in [0.717, 1.165) is 36.8 Å². The normalized spacial score (nSPS) is 24.0. The topological polar surface area (TPSA) is 66.8 Å². The number of hydrogen-bond donors (Lipinski definition) is 1. The SMILES string of the molecule is Cc1cc(F)c2[nH]c(S(=O)N3C4CCC3CC4)cc2c1-c1ncn(C)n1. The van der Waals surface area contributed by atoms with Gasteiger partial charge in [0, 0.05) is 30.1 Å². The maximum Gasteiger partial charge on any atom is 0.182 e. The Labute approximate surface area is 153 Å². The molecule has 1 N–H and O–H groups in total. The van der Waals surface area contributed by atoms with Crippen LogP contribution in [0.5, 0.6) is 0 Å². The molecular weight excluding hydrogens is 353 g/mol. The quantitative estimate of drug-likeness (QED) is 0.767. The first kappa shape index (κ1) is 16.1. The van der Waals surface area contributed by atoms with Crippen molar-refractivity contribution in [3.05, 3.63) is 29.8 Å². The minimum absolute atomic E-state index is 0.343. The molecule has 1 atom stereocenters. The summed E-state index contributed by atoms with van der Waals surface area (Å²) in [6.45, 7) is 1.85. The lowest BCUT2D eigenvalue weighted by Gasteiger charge is -2.18. The van der Waals surface area contributed by atoms with Crippen molar-refractivity contribution < 1.29 is 8.60 Å². The smallest absolute Gasteiger partial charge is 0.182 e. The molecule has 2 saturated heterocycles. The summed E-state index contributed by atoms with van der Waals surface area (Å²) < 4.78 is 31.5. The summed E-state index contributed by atoms with van der Waals surface area (Å²) in [6, 6.07) is 4.06. The number of aromatic nitrogens is 4. The van der Waals surface area contributed by atoms with Gasteiger partial charge in [-0.3, -0.25) is 4.68 Å². The van der Waals surface area contributed by atoms with Gasteiger partial charge in [-0.2, -0.15) is 5.10 Å². The van der Waals surface area contributed by atoms with E-state index in [-0.39, 0.29) is 5.82 Å². The molecule has 2 aliphatic rings. The molecule has 8 heteroatoms. The van der Waals surface area contributed by atoms with Gasteiger partial charge in [-0.05, 0) is 50.3 Å². The molecule has 6 nitrogen and oxygen atoms in total. The number of hydrogen-bond acceptors (Lipinski definition) is 3. The second-order valence-electron chi connectivity index (χ2n) is 7.29. The van der Waals surface area contributed by atoms with Crippen LogP contribution >= 0.6 is 0 Å². The molecule has 2 aromatic heterocycles. The number of nitrogens with one attached hydrogen (secondary N) is 1. The minimum Gasteiger partial charge on any atom is -0.344 e. The van der Waals surface area contributed by atoms with Gasteiger partial charge in [0.05, 0.1) is 5.52 Å². The van der Waals surface area contributed by atoms with Gasteiger partial charge in [0.1, 0.15) is 28.2 Å². The van der Waals surface area contributed by atoms with Crippen LogP contribution in [0, 0.1) is 12.7 Å². The van der Waals surface area contributed by atoms with Crippen LogP contribution in [-0.2, 0) is 18.0 Å². The van der Waals surface area contributed by atoms with Gasteiger partial charge in [0.25, 0.3) is 0 Å². The number of benzene rings is 1. The fourth-order valence-electron chi connectivity index (χ4n) is 4.46. The van der Waals surface area contributed by atoms with Crippen molar-refractivity contribution in [3.63, 3.8) is 0 Å². The van der Waals surface area contributed by atoms with Gasteiger partial charge in [0.15, 0.2) is 5.82 Å². The van der Waals surface area contributed by atoms with Crippen LogP contribution in [0.4, 0.5) is 4.39 Å². The Balaban J connectivity index is 1.65. The Morgan fingerprint density at radius 2 is 1.92 bits per heavy atom. The molecule has 3 aromatic rings. The van der Waals surface area contributed by atoms with Crippen molar-refractivity contribution >= 4 is 21.9 Å². The zero-order chi connectivity index (χ0) is 18.0. The number of aryl methyl sites for hydroxylation is 2. The molecule has 0 aliphatic carbocycles. The first-order valence-electron chi connectivity index (χ1n) is 8.91. The summed E-state index contributed by atoms with van der Waals surface area (Å²) in [5.41, 5.74) is 1.91. The van der Waals surface area contributed by atoms with E-state index in [0.29, 0.717) is 33.8 Å². The molecule has 0 radical (unpaired) electrons. The summed E-state index contributed by atoms with van der Waals surface area (Å²) in [4.78, 5) is 7.40. The molecule has 2 bridgehead atoms. The third kappa shape index (κ3) is 2.28. The fraction of sp³-hybridized carbons (Fsp3) is 0.444. The fourth-order valence-corrected chi connectivity index (χ4v) is 6.06. The highest BCUT2D eigenvalue weighted by molar-refractivity contribution is 7.82. The van der Waals surface area contributed by atoms with Crippen LogP contribution in [-0.4, -0.2) is 40.3 Å². The second-order valence-corrected chi connectivity index (χ2v) is 8.65. The third-order valence-electron chi connectivity index (χ3n) is 5.63. The van der Waals surface area contributed by atoms with E-state index in [1.165, 1.54) is 6.07 Å². The van der Waals surface area contributed by atoms with Crippen molar-refractivity contribution in [2.75, 3.05) is 0 Å². The monoisotopic (exact) mass is 373 g/mol. The molecular formula is C18H20FN5OS. The van der Waals surface area contributed by atoms with E-state index in [1.807, 2.05) is 13.0 Å². The lowest BCUT2D eigenvalue weighted by Crippen LogP contribution is -2.30.